The van der Waals surface area contributed by atoms with E-state index < -0.39 is 5.97 Å². The van der Waals surface area contributed by atoms with Crippen molar-refractivity contribution >= 4 is 21.9 Å². The van der Waals surface area contributed by atoms with E-state index in [1.807, 2.05) is 0 Å². The van der Waals surface area contributed by atoms with E-state index in [-0.39, 0.29) is 4.83 Å². The van der Waals surface area contributed by atoms with Gasteiger partial charge in [0, 0.05) is 0 Å². The maximum Gasteiger partial charge on any atom is 0.317 e. The first-order valence-electron chi connectivity index (χ1n) is 4.75. The number of carboxylic acids is 1. The Morgan fingerprint density at radius 1 is 1.23 bits per heavy atom. The second-order valence-corrected chi connectivity index (χ2v) is 4.26. The summed E-state index contributed by atoms with van der Waals surface area (Å²) >= 11 is 3.11. The SMILES string of the molecule is NCCCCCCCC(Br)C(=O)O. The second kappa shape index (κ2) is 8.51. The largest absolute Gasteiger partial charge is 0.480 e. The van der Waals surface area contributed by atoms with E-state index in [2.05, 4.69) is 15.9 Å². The standard InChI is InChI=1S/C9H18BrNO2/c10-8(9(12)13)6-4-2-1-3-5-7-11/h8H,1-7,11H2,(H,12,13). The third kappa shape index (κ3) is 8.25. The number of aliphatic carboxylic acids is 1. The smallest absolute Gasteiger partial charge is 0.317 e. The van der Waals surface area contributed by atoms with Gasteiger partial charge in [-0.05, 0) is 19.4 Å². The average molecular weight is 252 g/mol. The van der Waals surface area contributed by atoms with Gasteiger partial charge >= 0.3 is 5.97 Å². The van der Waals surface area contributed by atoms with Crippen molar-refractivity contribution in [1.82, 2.24) is 0 Å². The Bertz CT molecular complexity index is 142. The summed E-state index contributed by atoms with van der Waals surface area (Å²) in [6.07, 6.45) is 6.21. The van der Waals surface area contributed by atoms with Gasteiger partial charge in [0.1, 0.15) is 4.83 Å². The van der Waals surface area contributed by atoms with E-state index in [1.165, 1.54) is 0 Å². The molecule has 1 unspecified atom stereocenters. The van der Waals surface area contributed by atoms with Crippen LogP contribution in [0.2, 0.25) is 0 Å². The van der Waals surface area contributed by atoms with Crippen LogP contribution in [0, 0.1) is 0 Å². The lowest BCUT2D eigenvalue weighted by Gasteiger charge is -2.03. The molecule has 4 heteroatoms. The number of hydrogen-bond acceptors (Lipinski definition) is 2. The molecule has 0 aromatic rings. The summed E-state index contributed by atoms with van der Waals surface area (Å²) in [5.74, 6) is -0.762. The van der Waals surface area contributed by atoms with Crippen LogP contribution < -0.4 is 5.73 Å². The van der Waals surface area contributed by atoms with Gasteiger partial charge in [-0.15, -0.1) is 0 Å². The van der Waals surface area contributed by atoms with E-state index in [9.17, 15) is 4.79 Å². The predicted molar refractivity (Wildman–Crippen MR) is 57.1 cm³/mol. The minimum atomic E-state index is -0.762. The van der Waals surface area contributed by atoms with Crippen molar-refractivity contribution in [1.29, 1.82) is 0 Å². The van der Waals surface area contributed by atoms with E-state index in [0.717, 1.165) is 45.1 Å². The van der Waals surface area contributed by atoms with E-state index in [1.54, 1.807) is 0 Å². The molecule has 0 bridgehead atoms. The molecule has 0 rings (SSSR count). The van der Waals surface area contributed by atoms with Crippen molar-refractivity contribution in [2.45, 2.75) is 43.4 Å². The highest BCUT2D eigenvalue weighted by molar-refractivity contribution is 9.10. The molecule has 1 atom stereocenters. The zero-order chi connectivity index (χ0) is 10.1. The molecule has 0 aliphatic rings. The highest BCUT2D eigenvalue weighted by Crippen LogP contribution is 2.12. The first-order chi connectivity index (χ1) is 6.18. The molecule has 0 fully saturated rings. The fourth-order valence-electron chi connectivity index (χ4n) is 1.12. The molecule has 13 heavy (non-hydrogen) atoms. The number of carboxylic acid groups (broad SMARTS) is 1. The molecule has 3 nitrogen and oxygen atoms in total. The first-order valence-corrected chi connectivity index (χ1v) is 5.67. The first kappa shape index (κ1) is 12.9. The van der Waals surface area contributed by atoms with Crippen LogP contribution in [0.4, 0.5) is 0 Å². The molecule has 0 aromatic heterocycles. The lowest BCUT2D eigenvalue weighted by Crippen LogP contribution is -2.11. The van der Waals surface area contributed by atoms with E-state index in [4.69, 9.17) is 10.8 Å². The number of carbonyl (C=O) groups is 1. The van der Waals surface area contributed by atoms with E-state index >= 15 is 0 Å². The predicted octanol–water partition coefficient (Wildman–Crippen LogP) is 2.13. The molecule has 0 saturated carbocycles. The summed E-state index contributed by atoms with van der Waals surface area (Å²) in [5.41, 5.74) is 5.35. The Labute approximate surface area is 87.8 Å². The van der Waals surface area contributed by atoms with Gasteiger partial charge in [-0.25, -0.2) is 0 Å². The normalized spacial score (nSPS) is 12.8. The molecule has 0 spiro atoms. The summed E-state index contributed by atoms with van der Waals surface area (Å²) in [7, 11) is 0. The highest BCUT2D eigenvalue weighted by atomic mass is 79.9. The van der Waals surface area contributed by atoms with Crippen LogP contribution >= 0.6 is 15.9 Å². The molecular formula is C9H18BrNO2. The van der Waals surface area contributed by atoms with Gasteiger partial charge in [0.15, 0.2) is 0 Å². The van der Waals surface area contributed by atoms with Crippen LogP contribution in [-0.2, 0) is 4.79 Å². The summed E-state index contributed by atoms with van der Waals surface area (Å²) < 4.78 is 0. The molecule has 0 aliphatic carbocycles. The Morgan fingerprint density at radius 3 is 2.31 bits per heavy atom. The highest BCUT2D eigenvalue weighted by Gasteiger charge is 2.11. The summed E-state index contributed by atoms with van der Waals surface area (Å²) in [4.78, 5) is 10.0. The third-order valence-corrected chi connectivity index (χ3v) is 2.78. The molecule has 0 aliphatic heterocycles. The number of rotatable bonds is 8. The summed E-state index contributed by atoms with van der Waals surface area (Å²) in [6, 6.07) is 0. The quantitative estimate of drug-likeness (QED) is 0.513. The van der Waals surface area contributed by atoms with Crippen LogP contribution in [0.1, 0.15) is 38.5 Å². The Hall–Kier alpha value is -0.0900. The number of alkyl halides is 1. The van der Waals surface area contributed by atoms with Crippen molar-refractivity contribution in [3.63, 3.8) is 0 Å². The van der Waals surface area contributed by atoms with Crippen LogP contribution in [0.3, 0.4) is 0 Å². The molecule has 0 amide bonds. The average Bonchev–Trinajstić information content (AvgIpc) is 2.10. The molecule has 78 valence electrons. The van der Waals surface area contributed by atoms with E-state index in [0.29, 0.717) is 0 Å². The van der Waals surface area contributed by atoms with Crippen LogP contribution in [0.25, 0.3) is 0 Å². The Kier molecular flexibility index (Phi) is 8.45. The summed E-state index contributed by atoms with van der Waals surface area (Å²) in [5, 5.41) is 8.56. The number of halogens is 1. The minimum absolute atomic E-state index is 0.373. The van der Waals surface area contributed by atoms with Gasteiger partial charge in [0.05, 0.1) is 0 Å². The van der Waals surface area contributed by atoms with Gasteiger partial charge in [0.2, 0.25) is 0 Å². The van der Waals surface area contributed by atoms with Crippen molar-refractivity contribution in [3.8, 4) is 0 Å². The fraction of sp³-hybridized carbons (Fsp3) is 0.889. The van der Waals surface area contributed by atoms with Gasteiger partial charge in [-0.1, -0.05) is 41.6 Å². The maximum atomic E-state index is 10.4. The minimum Gasteiger partial charge on any atom is -0.480 e. The van der Waals surface area contributed by atoms with Crippen molar-refractivity contribution in [2.75, 3.05) is 6.54 Å². The lowest BCUT2D eigenvalue weighted by atomic mass is 10.1. The molecule has 0 aromatic carbocycles. The lowest BCUT2D eigenvalue weighted by molar-refractivity contribution is -0.136. The number of nitrogens with two attached hydrogens (primary N) is 1. The van der Waals surface area contributed by atoms with Gasteiger partial charge in [-0.2, -0.15) is 0 Å². The maximum absolute atomic E-state index is 10.4. The van der Waals surface area contributed by atoms with Gasteiger partial charge < -0.3 is 10.8 Å². The number of hydrogen-bond donors (Lipinski definition) is 2. The van der Waals surface area contributed by atoms with Crippen molar-refractivity contribution in [2.24, 2.45) is 5.73 Å². The Morgan fingerprint density at radius 2 is 1.77 bits per heavy atom. The number of unbranched alkanes of at least 4 members (excludes halogenated alkanes) is 4. The monoisotopic (exact) mass is 251 g/mol. The second-order valence-electron chi connectivity index (χ2n) is 3.15. The van der Waals surface area contributed by atoms with Gasteiger partial charge in [-0.3, -0.25) is 4.79 Å². The summed E-state index contributed by atoms with van der Waals surface area (Å²) in [6.45, 7) is 0.760. The molecular weight excluding hydrogens is 234 g/mol. The molecule has 0 heterocycles. The van der Waals surface area contributed by atoms with Gasteiger partial charge in [0.25, 0.3) is 0 Å². The molecule has 0 radical (unpaired) electrons. The van der Waals surface area contributed by atoms with Crippen LogP contribution in [0.15, 0.2) is 0 Å². The molecule has 0 saturated heterocycles. The fourth-order valence-corrected chi connectivity index (χ4v) is 1.45. The zero-order valence-corrected chi connectivity index (χ0v) is 9.42. The third-order valence-electron chi connectivity index (χ3n) is 1.93. The van der Waals surface area contributed by atoms with Crippen molar-refractivity contribution < 1.29 is 9.90 Å². The van der Waals surface area contributed by atoms with Crippen LogP contribution in [0.5, 0.6) is 0 Å². The molecule has 3 N–H and O–H groups in total. The Balaban J connectivity index is 3.11. The topological polar surface area (TPSA) is 63.3 Å². The van der Waals surface area contributed by atoms with Crippen LogP contribution in [-0.4, -0.2) is 22.4 Å². The van der Waals surface area contributed by atoms with Crippen molar-refractivity contribution in [3.05, 3.63) is 0 Å². The zero-order valence-electron chi connectivity index (χ0n) is 7.84.